The molecule has 108 valence electrons. The molecule has 0 heterocycles. The molecule has 0 aliphatic rings. The minimum absolute atomic E-state index is 0.172. The van der Waals surface area contributed by atoms with Crippen LogP contribution < -0.4 is 5.32 Å². The van der Waals surface area contributed by atoms with Crippen molar-refractivity contribution in [2.24, 2.45) is 0 Å². The van der Waals surface area contributed by atoms with E-state index >= 15 is 0 Å². The van der Waals surface area contributed by atoms with E-state index in [1.807, 2.05) is 11.8 Å². The van der Waals surface area contributed by atoms with Gasteiger partial charge in [0.05, 0.1) is 6.10 Å². The van der Waals surface area contributed by atoms with Crippen LogP contribution in [-0.2, 0) is 0 Å². The van der Waals surface area contributed by atoms with Crippen LogP contribution in [0.3, 0.4) is 0 Å². The van der Waals surface area contributed by atoms with Crippen molar-refractivity contribution in [3.8, 4) is 11.5 Å². The van der Waals surface area contributed by atoms with Gasteiger partial charge in [-0.15, -0.1) is 0 Å². The van der Waals surface area contributed by atoms with Crippen LogP contribution in [-0.4, -0.2) is 39.9 Å². The fourth-order valence-electron chi connectivity index (χ4n) is 1.81. The van der Waals surface area contributed by atoms with E-state index in [-0.39, 0.29) is 11.5 Å². The Labute approximate surface area is 118 Å². The Morgan fingerprint density at radius 1 is 1.26 bits per heavy atom. The lowest BCUT2D eigenvalue weighted by atomic mass is 10.1. The molecule has 0 radical (unpaired) electrons. The van der Waals surface area contributed by atoms with Crippen molar-refractivity contribution >= 4 is 11.8 Å². The molecule has 4 nitrogen and oxygen atoms in total. The zero-order valence-electron chi connectivity index (χ0n) is 11.5. The number of phenols is 2. The monoisotopic (exact) mass is 285 g/mol. The summed E-state index contributed by atoms with van der Waals surface area (Å²) in [4.78, 5) is 0. The van der Waals surface area contributed by atoms with E-state index in [1.165, 1.54) is 12.1 Å². The van der Waals surface area contributed by atoms with Crippen molar-refractivity contribution in [3.05, 3.63) is 23.8 Å². The van der Waals surface area contributed by atoms with Gasteiger partial charge in [-0.1, -0.05) is 6.07 Å². The van der Waals surface area contributed by atoms with Crippen molar-refractivity contribution in [1.29, 1.82) is 0 Å². The Hall–Kier alpha value is -0.910. The number of aliphatic hydroxyl groups excluding tert-OH is 1. The molecule has 2 atom stereocenters. The molecule has 1 aromatic carbocycles. The number of hydrogen-bond donors (Lipinski definition) is 4. The highest BCUT2D eigenvalue weighted by atomic mass is 32.2. The lowest BCUT2D eigenvalue weighted by molar-refractivity contribution is 0.169. The van der Waals surface area contributed by atoms with Crippen LogP contribution in [0.15, 0.2) is 18.2 Å². The van der Waals surface area contributed by atoms with Crippen LogP contribution in [0.1, 0.15) is 31.4 Å². The topological polar surface area (TPSA) is 72.7 Å². The second-order valence-corrected chi connectivity index (χ2v) is 5.69. The van der Waals surface area contributed by atoms with Gasteiger partial charge in [0, 0.05) is 12.6 Å². The summed E-state index contributed by atoms with van der Waals surface area (Å²) in [5, 5.41) is 31.9. The summed E-state index contributed by atoms with van der Waals surface area (Å²) in [6, 6.07) is 4.74. The third kappa shape index (κ3) is 5.72. The van der Waals surface area contributed by atoms with Gasteiger partial charge in [-0.05, 0) is 49.5 Å². The van der Waals surface area contributed by atoms with Crippen molar-refractivity contribution in [1.82, 2.24) is 5.32 Å². The molecule has 5 heteroatoms. The fourth-order valence-corrected chi connectivity index (χ4v) is 2.27. The lowest BCUT2D eigenvalue weighted by Gasteiger charge is -2.17. The Morgan fingerprint density at radius 2 is 2.00 bits per heavy atom. The smallest absolute Gasteiger partial charge is 0.157 e. The summed E-state index contributed by atoms with van der Waals surface area (Å²) < 4.78 is 0. The number of thioether (sulfide) groups is 1. The minimum atomic E-state index is -0.686. The Kier molecular flexibility index (Phi) is 7.05. The average molecular weight is 285 g/mol. The Bertz CT molecular complexity index is 387. The third-order valence-corrected chi connectivity index (χ3v) is 3.73. The standard InChI is InChI=1S/C14H23NO3S/c1-10(4-3-7-19-2)15-9-14(18)11-5-6-12(16)13(17)8-11/h5-6,8,10,14-18H,3-4,7,9H2,1-2H3. The van der Waals surface area contributed by atoms with Crippen LogP contribution in [0.5, 0.6) is 11.5 Å². The minimum Gasteiger partial charge on any atom is -0.504 e. The van der Waals surface area contributed by atoms with E-state index in [1.54, 1.807) is 6.07 Å². The van der Waals surface area contributed by atoms with Gasteiger partial charge >= 0.3 is 0 Å². The first-order valence-corrected chi connectivity index (χ1v) is 7.86. The maximum atomic E-state index is 10.00. The van der Waals surface area contributed by atoms with Gasteiger partial charge in [-0.2, -0.15) is 11.8 Å². The first-order valence-electron chi connectivity index (χ1n) is 6.47. The van der Waals surface area contributed by atoms with Crippen LogP contribution in [0.25, 0.3) is 0 Å². The van der Waals surface area contributed by atoms with Crippen LogP contribution >= 0.6 is 11.8 Å². The molecule has 1 rings (SSSR count). The first-order chi connectivity index (χ1) is 9.04. The van der Waals surface area contributed by atoms with E-state index in [0.717, 1.165) is 18.6 Å². The summed E-state index contributed by atoms with van der Waals surface area (Å²) in [6.07, 6.45) is 3.65. The normalized spacial score (nSPS) is 14.3. The lowest BCUT2D eigenvalue weighted by Crippen LogP contribution is -2.30. The molecule has 4 N–H and O–H groups in total. The molecule has 0 aliphatic carbocycles. The largest absolute Gasteiger partial charge is 0.504 e. The highest BCUT2D eigenvalue weighted by molar-refractivity contribution is 7.98. The average Bonchev–Trinajstić information content (AvgIpc) is 2.39. The molecule has 0 bridgehead atoms. The summed E-state index contributed by atoms with van der Waals surface area (Å²) in [5.74, 6) is 0.777. The summed E-state index contributed by atoms with van der Waals surface area (Å²) in [6.45, 7) is 2.53. The number of hydrogen-bond acceptors (Lipinski definition) is 5. The van der Waals surface area contributed by atoms with Gasteiger partial charge in [0.25, 0.3) is 0 Å². The van der Waals surface area contributed by atoms with Gasteiger partial charge in [0.15, 0.2) is 11.5 Å². The Morgan fingerprint density at radius 3 is 2.63 bits per heavy atom. The molecule has 0 amide bonds. The van der Waals surface area contributed by atoms with E-state index in [9.17, 15) is 15.3 Å². The van der Waals surface area contributed by atoms with Gasteiger partial charge in [0.2, 0.25) is 0 Å². The number of rotatable bonds is 8. The van der Waals surface area contributed by atoms with Gasteiger partial charge in [-0.25, -0.2) is 0 Å². The van der Waals surface area contributed by atoms with E-state index in [0.29, 0.717) is 18.2 Å². The van der Waals surface area contributed by atoms with E-state index in [4.69, 9.17) is 0 Å². The van der Waals surface area contributed by atoms with Gasteiger partial charge in [-0.3, -0.25) is 0 Å². The number of aromatic hydroxyl groups is 2. The molecule has 0 aliphatic heterocycles. The number of aliphatic hydroxyl groups is 1. The molecule has 0 aromatic heterocycles. The number of phenolic OH excluding ortho intramolecular Hbond substituents is 2. The first kappa shape index (κ1) is 16.1. The second-order valence-electron chi connectivity index (χ2n) is 4.71. The number of nitrogens with one attached hydrogen (secondary N) is 1. The van der Waals surface area contributed by atoms with E-state index in [2.05, 4.69) is 18.5 Å². The highest BCUT2D eigenvalue weighted by Gasteiger charge is 2.11. The Balaban J connectivity index is 2.37. The molecule has 1 aromatic rings. The fraction of sp³-hybridized carbons (Fsp3) is 0.571. The third-order valence-electron chi connectivity index (χ3n) is 3.03. The van der Waals surface area contributed by atoms with Gasteiger partial charge < -0.3 is 20.6 Å². The van der Waals surface area contributed by atoms with Crippen LogP contribution in [0, 0.1) is 0 Å². The number of benzene rings is 1. The predicted octanol–water partition coefficient (Wildman–Crippen LogP) is 2.25. The van der Waals surface area contributed by atoms with Crippen LogP contribution in [0.2, 0.25) is 0 Å². The molecule has 19 heavy (non-hydrogen) atoms. The van der Waals surface area contributed by atoms with E-state index < -0.39 is 6.10 Å². The molecular weight excluding hydrogens is 262 g/mol. The predicted molar refractivity (Wildman–Crippen MR) is 79.8 cm³/mol. The summed E-state index contributed by atoms with van der Waals surface area (Å²) >= 11 is 1.84. The van der Waals surface area contributed by atoms with Crippen molar-refractivity contribution in [2.75, 3.05) is 18.6 Å². The van der Waals surface area contributed by atoms with Crippen molar-refractivity contribution < 1.29 is 15.3 Å². The van der Waals surface area contributed by atoms with Crippen molar-refractivity contribution in [2.45, 2.75) is 31.9 Å². The molecule has 0 spiro atoms. The van der Waals surface area contributed by atoms with Crippen LogP contribution in [0.4, 0.5) is 0 Å². The maximum Gasteiger partial charge on any atom is 0.157 e. The maximum absolute atomic E-state index is 10.00. The zero-order chi connectivity index (χ0) is 14.3. The zero-order valence-corrected chi connectivity index (χ0v) is 12.3. The van der Waals surface area contributed by atoms with Gasteiger partial charge in [0.1, 0.15) is 0 Å². The summed E-state index contributed by atoms with van der Waals surface area (Å²) in [5.41, 5.74) is 0.596. The quantitative estimate of drug-likeness (QED) is 0.435. The molecule has 2 unspecified atom stereocenters. The second kappa shape index (κ2) is 8.30. The SMILES string of the molecule is CSCCCC(C)NCC(O)c1ccc(O)c(O)c1. The summed E-state index contributed by atoms with van der Waals surface area (Å²) in [7, 11) is 0. The molecule has 0 fully saturated rings. The molecular formula is C14H23NO3S. The van der Waals surface area contributed by atoms with Crippen molar-refractivity contribution in [3.63, 3.8) is 0 Å². The molecule has 0 saturated heterocycles. The molecule has 0 saturated carbocycles. The highest BCUT2D eigenvalue weighted by Crippen LogP contribution is 2.27.